The molecular weight excluding hydrogens is 458 g/mol. The first kappa shape index (κ1) is 22.7. The van der Waals surface area contributed by atoms with Crippen LogP contribution in [0.4, 0.5) is 28.8 Å². The van der Waals surface area contributed by atoms with Crippen LogP contribution in [0, 0.1) is 6.92 Å². The third-order valence-electron chi connectivity index (χ3n) is 5.46. The van der Waals surface area contributed by atoms with Crippen molar-refractivity contribution < 1.29 is 14.4 Å². The number of fused-ring (bicyclic) bond motifs is 1. The van der Waals surface area contributed by atoms with Crippen LogP contribution in [0.25, 0.3) is 0 Å². The minimum Gasteiger partial charge on any atom is -0.340 e. The fourth-order valence-corrected chi connectivity index (χ4v) is 3.74. The van der Waals surface area contributed by atoms with Crippen molar-refractivity contribution in [3.05, 3.63) is 95.9 Å². The average Bonchev–Trinajstić information content (AvgIpc) is 3.10. The molecule has 0 saturated heterocycles. The van der Waals surface area contributed by atoms with Gasteiger partial charge in [-0.3, -0.25) is 19.3 Å². The Morgan fingerprint density at radius 1 is 0.778 bits per heavy atom. The molecule has 0 bridgehead atoms. The zero-order chi connectivity index (χ0) is 25.1. The Hall–Kier alpha value is -5.12. The third-order valence-corrected chi connectivity index (χ3v) is 5.46. The number of pyridine rings is 1. The van der Waals surface area contributed by atoms with E-state index in [1.807, 2.05) is 19.1 Å². The van der Waals surface area contributed by atoms with Crippen LogP contribution in [0.2, 0.25) is 0 Å². The van der Waals surface area contributed by atoms with E-state index in [0.29, 0.717) is 34.3 Å². The van der Waals surface area contributed by atoms with Crippen LogP contribution in [0.15, 0.2) is 79.3 Å². The van der Waals surface area contributed by atoms with Crippen molar-refractivity contribution in [2.24, 2.45) is 0 Å². The van der Waals surface area contributed by atoms with Gasteiger partial charge in [0.15, 0.2) is 0 Å². The van der Waals surface area contributed by atoms with Gasteiger partial charge in [-0.1, -0.05) is 12.1 Å². The van der Waals surface area contributed by atoms with Crippen LogP contribution >= 0.6 is 0 Å². The summed E-state index contributed by atoms with van der Waals surface area (Å²) >= 11 is 0. The smallest absolute Gasteiger partial charge is 0.262 e. The summed E-state index contributed by atoms with van der Waals surface area (Å²) in [5.41, 5.74) is 2.97. The fraction of sp³-hybridized carbons (Fsp3) is 0.0769. The maximum atomic E-state index is 12.5. The molecule has 10 heteroatoms. The lowest BCUT2D eigenvalue weighted by molar-refractivity contribution is -0.116. The molecule has 0 saturated carbocycles. The van der Waals surface area contributed by atoms with Gasteiger partial charge in [0.2, 0.25) is 5.91 Å². The Labute approximate surface area is 206 Å². The average molecular weight is 480 g/mol. The summed E-state index contributed by atoms with van der Waals surface area (Å²) in [6.07, 6.45) is 3.16. The molecule has 178 valence electrons. The van der Waals surface area contributed by atoms with E-state index in [-0.39, 0.29) is 6.54 Å². The molecule has 1 aliphatic rings. The monoisotopic (exact) mass is 479 g/mol. The van der Waals surface area contributed by atoms with Gasteiger partial charge in [0, 0.05) is 23.6 Å². The van der Waals surface area contributed by atoms with Gasteiger partial charge in [0.05, 0.1) is 11.1 Å². The van der Waals surface area contributed by atoms with E-state index in [1.165, 1.54) is 6.33 Å². The SMILES string of the molecule is Cc1ccnc(Nc2cc(Nc3ccc(NC(=O)CN4C(=O)c5ccccc5C4=O)cc3)ncn2)c1. The molecule has 2 aromatic carbocycles. The Kier molecular flexibility index (Phi) is 6.06. The molecule has 3 amide bonds. The maximum absolute atomic E-state index is 12.5. The van der Waals surface area contributed by atoms with Gasteiger partial charge in [-0.25, -0.2) is 15.0 Å². The van der Waals surface area contributed by atoms with Crippen LogP contribution in [-0.4, -0.2) is 44.1 Å². The Morgan fingerprint density at radius 2 is 1.39 bits per heavy atom. The van der Waals surface area contributed by atoms with E-state index < -0.39 is 17.7 Å². The van der Waals surface area contributed by atoms with Gasteiger partial charge in [-0.15, -0.1) is 0 Å². The second kappa shape index (κ2) is 9.63. The Balaban J connectivity index is 1.19. The summed E-state index contributed by atoms with van der Waals surface area (Å²) < 4.78 is 0. The number of nitrogens with one attached hydrogen (secondary N) is 3. The summed E-state index contributed by atoms with van der Waals surface area (Å²) in [6, 6.07) is 19.1. The lowest BCUT2D eigenvalue weighted by Gasteiger charge is -2.14. The summed E-state index contributed by atoms with van der Waals surface area (Å²) in [5, 5.41) is 9.04. The van der Waals surface area contributed by atoms with Gasteiger partial charge in [-0.05, 0) is 61.0 Å². The van der Waals surface area contributed by atoms with Crippen LogP contribution in [0.3, 0.4) is 0 Å². The maximum Gasteiger partial charge on any atom is 0.262 e. The van der Waals surface area contributed by atoms with Crippen molar-refractivity contribution in [3.8, 4) is 0 Å². The minimum atomic E-state index is -0.471. The summed E-state index contributed by atoms with van der Waals surface area (Å²) in [5.74, 6) is 0.428. The number of imide groups is 1. The van der Waals surface area contributed by atoms with Gasteiger partial charge < -0.3 is 16.0 Å². The van der Waals surface area contributed by atoms with E-state index in [9.17, 15) is 14.4 Å². The number of benzene rings is 2. The third kappa shape index (κ3) is 4.87. The second-order valence-corrected chi connectivity index (χ2v) is 8.12. The lowest BCUT2D eigenvalue weighted by atomic mass is 10.1. The minimum absolute atomic E-state index is 0.309. The number of carbonyl (C=O) groups is 3. The molecule has 0 spiro atoms. The molecule has 2 aromatic heterocycles. The number of anilines is 5. The molecule has 3 N–H and O–H groups in total. The van der Waals surface area contributed by atoms with Crippen molar-refractivity contribution in [1.29, 1.82) is 0 Å². The highest BCUT2D eigenvalue weighted by Gasteiger charge is 2.36. The van der Waals surface area contributed by atoms with E-state index >= 15 is 0 Å². The largest absolute Gasteiger partial charge is 0.340 e. The summed E-state index contributed by atoms with van der Waals surface area (Å²) in [6.45, 7) is 1.62. The molecular formula is C26H21N7O3. The molecule has 10 nitrogen and oxygen atoms in total. The summed E-state index contributed by atoms with van der Waals surface area (Å²) in [7, 11) is 0. The number of hydrogen-bond acceptors (Lipinski definition) is 8. The lowest BCUT2D eigenvalue weighted by Crippen LogP contribution is -2.37. The first-order chi connectivity index (χ1) is 17.5. The topological polar surface area (TPSA) is 129 Å². The quantitative estimate of drug-likeness (QED) is 0.340. The van der Waals surface area contributed by atoms with E-state index in [1.54, 1.807) is 60.8 Å². The molecule has 0 radical (unpaired) electrons. The van der Waals surface area contributed by atoms with Gasteiger partial charge in [0.1, 0.15) is 30.3 Å². The number of amides is 3. The number of aryl methyl sites for hydroxylation is 1. The zero-order valence-electron chi connectivity index (χ0n) is 19.2. The van der Waals surface area contributed by atoms with Gasteiger partial charge in [-0.2, -0.15) is 0 Å². The molecule has 0 fully saturated rings. The van der Waals surface area contributed by atoms with Crippen molar-refractivity contribution in [1.82, 2.24) is 19.9 Å². The van der Waals surface area contributed by atoms with Gasteiger partial charge >= 0.3 is 0 Å². The molecule has 3 heterocycles. The number of carbonyl (C=O) groups excluding carboxylic acids is 3. The summed E-state index contributed by atoms with van der Waals surface area (Å²) in [4.78, 5) is 51.1. The Bertz CT molecular complexity index is 1440. The van der Waals surface area contributed by atoms with Crippen LogP contribution in [0.1, 0.15) is 26.3 Å². The molecule has 0 atom stereocenters. The zero-order valence-corrected chi connectivity index (χ0v) is 19.2. The predicted molar refractivity (Wildman–Crippen MR) is 134 cm³/mol. The number of nitrogens with zero attached hydrogens (tertiary/aromatic N) is 4. The molecule has 4 aromatic rings. The molecule has 0 unspecified atom stereocenters. The second-order valence-electron chi connectivity index (χ2n) is 8.12. The van der Waals surface area contributed by atoms with Crippen LogP contribution in [0.5, 0.6) is 0 Å². The highest BCUT2D eigenvalue weighted by Crippen LogP contribution is 2.23. The normalized spacial score (nSPS) is 12.3. The number of hydrogen-bond donors (Lipinski definition) is 3. The first-order valence-electron chi connectivity index (χ1n) is 11.1. The van der Waals surface area contributed by atoms with Crippen LogP contribution in [-0.2, 0) is 4.79 Å². The molecule has 0 aliphatic carbocycles. The highest BCUT2D eigenvalue weighted by atomic mass is 16.2. The van der Waals surface area contributed by atoms with Gasteiger partial charge in [0.25, 0.3) is 11.8 Å². The molecule has 5 rings (SSSR count). The van der Waals surface area contributed by atoms with Crippen molar-refractivity contribution in [3.63, 3.8) is 0 Å². The van der Waals surface area contributed by atoms with E-state index in [2.05, 4.69) is 30.9 Å². The van der Waals surface area contributed by atoms with Crippen molar-refractivity contribution in [2.75, 3.05) is 22.5 Å². The molecule has 1 aliphatic heterocycles. The Morgan fingerprint density at radius 3 is 2.06 bits per heavy atom. The highest BCUT2D eigenvalue weighted by molar-refractivity contribution is 6.22. The van der Waals surface area contributed by atoms with Crippen molar-refractivity contribution in [2.45, 2.75) is 6.92 Å². The van der Waals surface area contributed by atoms with E-state index in [0.717, 1.165) is 16.2 Å². The number of rotatable bonds is 7. The first-order valence-corrected chi connectivity index (χ1v) is 11.1. The van der Waals surface area contributed by atoms with Crippen LogP contribution < -0.4 is 16.0 Å². The fourth-order valence-electron chi connectivity index (χ4n) is 3.74. The predicted octanol–water partition coefficient (Wildman–Crippen LogP) is 3.90. The standard InChI is InChI=1S/C26H21N7O3/c1-16-10-11-27-21(12-16)32-23-13-22(28-15-29-23)30-17-6-8-18(9-7-17)31-24(34)14-33-25(35)19-4-2-3-5-20(19)26(33)36/h2-13,15H,14H2,1H3,(H,31,34)(H2,27,28,29,30,32). The molecule has 36 heavy (non-hydrogen) atoms. The van der Waals surface area contributed by atoms with Crippen molar-refractivity contribution >= 4 is 46.5 Å². The number of aromatic nitrogens is 3. The van der Waals surface area contributed by atoms with E-state index in [4.69, 9.17) is 0 Å².